The first-order valence-corrected chi connectivity index (χ1v) is 8.59. The smallest absolute Gasteiger partial charge is 0.255 e. The second-order valence-corrected chi connectivity index (χ2v) is 6.97. The summed E-state index contributed by atoms with van der Waals surface area (Å²) in [5.41, 5.74) is 1.93. The summed E-state index contributed by atoms with van der Waals surface area (Å²) < 4.78 is 14.8. The van der Waals surface area contributed by atoms with E-state index in [2.05, 4.69) is 10.4 Å². The van der Waals surface area contributed by atoms with Gasteiger partial charge in [-0.05, 0) is 42.5 Å². The number of amides is 1. The zero-order valence-electron chi connectivity index (χ0n) is 15.2. The Kier molecular flexibility index (Phi) is 6.31. The van der Waals surface area contributed by atoms with Gasteiger partial charge in [0.25, 0.3) is 5.91 Å². The molecule has 0 saturated heterocycles. The minimum absolute atomic E-state index is 0.0472. The van der Waals surface area contributed by atoms with Gasteiger partial charge in [-0.25, -0.2) is 9.07 Å². The Morgan fingerprint density at radius 3 is 2.40 bits per heavy atom. The Labute approximate surface area is 147 Å². The molecular formula is C19H26FN3O2. The number of halogens is 1. The van der Waals surface area contributed by atoms with E-state index in [1.165, 1.54) is 18.3 Å². The number of benzene rings is 1. The normalized spacial score (nSPS) is 12.6. The van der Waals surface area contributed by atoms with Crippen molar-refractivity contribution in [1.29, 1.82) is 0 Å². The van der Waals surface area contributed by atoms with Gasteiger partial charge in [-0.1, -0.05) is 27.7 Å². The van der Waals surface area contributed by atoms with Gasteiger partial charge in [-0.15, -0.1) is 0 Å². The molecular weight excluding hydrogens is 321 g/mol. The molecule has 0 radical (unpaired) electrons. The van der Waals surface area contributed by atoms with Crippen LogP contribution in [0, 0.1) is 11.7 Å². The quantitative estimate of drug-likeness (QED) is 0.808. The molecule has 1 aromatic heterocycles. The number of carbonyl (C=O) groups is 1. The molecule has 6 heteroatoms. The molecule has 1 heterocycles. The highest BCUT2D eigenvalue weighted by Gasteiger charge is 2.23. The third-order valence-corrected chi connectivity index (χ3v) is 3.98. The SMILES string of the molecule is CC(C)CC(CO)NC(=O)c1cnn(-c2ccc(F)cc2)c1C(C)C. The molecule has 136 valence electrons. The second kappa shape index (κ2) is 8.25. The molecule has 0 bridgehead atoms. The molecule has 2 N–H and O–H groups in total. The molecule has 5 nitrogen and oxygen atoms in total. The number of nitrogens with zero attached hydrogens (tertiary/aromatic N) is 2. The molecule has 0 spiro atoms. The van der Waals surface area contributed by atoms with Crippen LogP contribution < -0.4 is 5.32 Å². The molecule has 0 saturated carbocycles. The molecule has 1 aromatic carbocycles. The lowest BCUT2D eigenvalue weighted by molar-refractivity contribution is 0.0907. The van der Waals surface area contributed by atoms with E-state index in [4.69, 9.17) is 0 Å². The Balaban J connectivity index is 2.32. The van der Waals surface area contributed by atoms with Crippen LogP contribution in [0.1, 0.15) is 56.1 Å². The Morgan fingerprint density at radius 1 is 1.24 bits per heavy atom. The molecule has 0 aliphatic carbocycles. The number of hydrogen-bond acceptors (Lipinski definition) is 3. The van der Waals surface area contributed by atoms with Crippen LogP contribution in [0.3, 0.4) is 0 Å². The molecule has 1 amide bonds. The molecule has 0 aliphatic rings. The van der Waals surface area contributed by atoms with Crippen LogP contribution in [0.2, 0.25) is 0 Å². The van der Waals surface area contributed by atoms with Crippen LogP contribution in [0.25, 0.3) is 5.69 Å². The van der Waals surface area contributed by atoms with E-state index in [1.807, 2.05) is 27.7 Å². The van der Waals surface area contributed by atoms with E-state index in [-0.39, 0.29) is 30.3 Å². The van der Waals surface area contributed by atoms with Gasteiger partial charge in [0.15, 0.2) is 0 Å². The average molecular weight is 347 g/mol. The first kappa shape index (κ1) is 19.1. The van der Waals surface area contributed by atoms with Crippen LogP contribution in [-0.2, 0) is 0 Å². The lowest BCUT2D eigenvalue weighted by Crippen LogP contribution is -2.38. The Bertz CT molecular complexity index is 708. The fourth-order valence-electron chi connectivity index (χ4n) is 2.89. The van der Waals surface area contributed by atoms with Crippen molar-refractivity contribution >= 4 is 5.91 Å². The number of hydrogen-bond donors (Lipinski definition) is 2. The maximum atomic E-state index is 13.2. The number of aliphatic hydroxyl groups excluding tert-OH is 1. The molecule has 1 atom stereocenters. The van der Waals surface area contributed by atoms with Crippen molar-refractivity contribution in [2.75, 3.05) is 6.61 Å². The van der Waals surface area contributed by atoms with E-state index in [0.29, 0.717) is 23.6 Å². The van der Waals surface area contributed by atoms with E-state index in [9.17, 15) is 14.3 Å². The lowest BCUT2D eigenvalue weighted by Gasteiger charge is -2.19. The highest BCUT2D eigenvalue weighted by atomic mass is 19.1. The van der Waals surface area contributed by atoms with E-state index in [1.54, 1.807) is 16.8 Å². The molecule has 2 rings (SSSR count). The highest BCUT2D eigenvalue weighted by Crippen LogP contribution is 2.23. The topological polar surface area (TPSA) is 67.2 Å². The summed E-state index contributed by atoms with van der Waals surface area (Å²) >= 11 is 0. The van der Waals surface area contributed by atoms with Crippen LogP contribution in [0.15, 0.2) is 30.5 Å². The van der Waals surface area contributed by atoms with Crippen molar-refractivity contribution < 1.29 is 14.3 Å². The summed E-state index contributed by atoms with van der Waals surface area (Å²) in [5.74, 6) is -0.161. The van der Waals surface area contributed by atoms with Gasteiger partial charge < -0.3 is 10.4 Å². The largest absolute Gasteiger partial charge is 0.394 e. The van der Waals surface area contributed by atoms with Crippen LogP contribution in [0.4, 0.5) is 4.39 Å². The molecule has 0 fully saturated rings. The van der Waals surface area contributed by atoms with Crippen molar-refractivity contribution in [2.24, 2.45) is 5.92 Å². The fraction of sp³-hybridized carbons (Fsp3) is 0.474. The van der Waals surface area contributed by atoms with Crippen LogP contribution in [-0.4, -0.2) is 33.4 Å². The maximum absolute atomic E-state index is 13.2. The number of nitrogens with one attached hydrogen (secondary N) is 1. The first-order valence-electron chi connectivity index (χ1n) is 8.59. The highest BCUT2D eigenvalue weighted by molar-refractivity contribution is 5.95. The first-order chi connectivity index (χ1) is 11.8. The van der Waals surface area contributed by atoms with Gasteiger partial charge in [-0.3, -0.25) is 4.79 Å². The summed E-state index contributed by atoms with van der Waals surface area (Å²) in [4.78, 5) is 12.7. The Morgan fingerprint density at radius 2 is 1.88 bits per heavy atom. The lowest BCUT2D eigenvalue weighted by atomic mass is 10.0. The molecule has 25 heavy (non-hydrogen) atoms. The standard InChI is InChI=1S/C19H26FN3O2/c1-12(2)9-15(11-24)22-19(25)17-10-21-23(18(17)13(3)4)16-7-5-14(20)6-8-16/h5-8,10,12-13,15,24H,9,11H2,1-4H3,(H,22,25). The molecule has 0 aliphatic heterocycles. The van der Waals surface area contributed by atoms with Crippen molar-refractivity contribution in [3.63, 3.8) is 0 Å². The van der Waals surface area contributed by atoms with E-state index >= 15 is 0 Å². The summed E-state index contributed by atoms with van der Waals surface area (Å²) in [5, 5.41) is 16.7. The van der Waals surface area contributed by atoms with Crippen LogP contribution in [0.5, 0.6) is 0 Å². The van der Waals surface area contributed by atoms with Gasteiger partial charge in [0.1, 0.15) is 5.82 Å². The van der Waals surface area contributed by atoms with Crippen molar-refractivity contribution in [3.05, 3.63) is 47.5 Å². The van der Waals surface area contributed by atoms with Gasteiger partial charge in [0, 0.05) is 0 Å². The maximum Gasteiger partial charge on any atom is 0.255 e. The summed E-state index contributed by atoms with van der Waals surface area (Å²) in [6.45, 7) is 7.94. The van der Waals surface area contributed by atoms with Gasteiger partial charge >= 0.3 is 0 Å². The minimum Gasteiger partial charge on any atom is -0.394 e. The van der Waals surface area contributed by atoms with Crippen molar-refractivity contribution in [2.45, 2.75) is 46.1 Å². The number of carbonyl (C=O) groups excluding carboxylic acids is 1. The third kappa shape index (κ3) is 4.66. The van der Waals surface area contributed by atoms with Gasteiger partial charge in [-0.2, -0.15) is 5.10 Å². The minimum atomic E-state index is -0.320. The fourth-order valence-corrected chi connectivity index (χ4v) is 2.89. The average Bonchev–Trinajstić information content (AvgIpc) is 2.99. The van der Waals surface area contributed by atoms with Gasteiger partial charge in [0.2, 0.25) is 0 Å². The monoisotopic (exact) mass is 347 g/mol. The molecule has 1 unspecified atom stereocenters. The number of aromatic nitrogens is 2. The van der Waals surface area contributed by atoms with E-state index < -0.39 is 0 Å². The molecule has 2 aromatic rings. The van der Waals surface area contributed by atoms with Crippen LogP contribution >= 0.6 is 0 Å². The Hall–Kier alpha value is -2.21. The zero-order chi connectivity index (χ0) is 18.6. The number of rotatable bonds is 7. The van der Waals surface area contributed by atoms with Crippen molar-refractivity contribution in [3.8, 4) is 5.69 Å². The van der Waals surface area contributed by atoms with E-state index in [0.717, 1.165) is 5.69 Å². The number of aliphatic hydroxyl groups is 1. The third-order valence-electron chi connectivity index (χ3n) is 3.98. The zero-order valence-corrected chi connectivity index (χ0v) is 15.2. The predicted molar refractivity (Wildman–Crippen MR) is 95.4 cm³/mol. The summed E-state index contributed by atoms with van der Waals surface area (Å²) in [7, 11) is 0. The second-order valence-electron chi connectivity index (χ2n) is 6.97. The predicted octanol–water partition coefficient (Wildman–Crippen LogP) is 3.27. The summed E-state index contributed by atoms with van der Waals surface area (Å²) in [6, 6.07) is 5.70. The van der Waals surface area contributed by atoms with Gasteiger partial charge in [0.05, 0.1) is 35.8 Å². The summed E-state index contributed by atoms with van der Waals surface area (Å²) in [6.07, 6.45) is 2.23. The van der Waals surface area contributed by atoms with Crippen molar-refractivity contribution in [1.82, 2.24) is 15.1 Å².